The molecule has 1 unspecified atom stereocenters. The molecule has 1 aliphatic heterocycles. The van der Waals surface area contributed by atoms with Crippen molar-refractivity contribution in [1.29, 1.82) is 0 Å². The predicted molar refractivity (Wildman–Crippen MR) is 74.1 cm³/mol. The van der Waals surface area contributed by atoms with Crippen molar-refractivity contribution in [3.63, 3.8) is 0 Å². The maximum absolute atomic E-state index is 11.7. The quantitative estimate of drug-likeness (QED) is 0.869. The highest BCUT2D eigenvalue weighted by Gasteiger charge is 2.32. The zero-order valence-corrected chi connectivity index (χ0v) is 12.1. The van der Waals surface area contributed by atoms with E-state index in [4.69, 9.17) is 5.11 Å². The minimum Gasteiger partial charge on any atom is -0.481 e. The summed E-state index contributed by atoms with van der Waals surface area (Å²) >= 11 is 0. The van der Waals surface area contributed by atoms with Gasteiger partial charge in [0.05, 0.1) is 23.6 Å². The molecule has 0 saturated carbocycles. The molecular formula is C13H18N2O4S. The molecule has 1 aromatic rings. The van der Waals surface area contributed by atoms with Crippen molar-refractivity contribution < 1.29 is 18.3 Å². The fourth-order valence-corrected chi connectivity index (χ4v) is 4.01. The predicted octanol–water partition coefficient (Wildman–Crippen LogP) is 0.464. The van der Waals surface area contributed by atoms with E-state index in [2.05, 4.69) is 4.98 Å². The summed E-state index contributed by atoms with van der Waals surface area (Å²) in [6.07, 6.45) is -0.162. The van der Waals surface area contributed by atoms with Crippen LogP contribution in [0.1, 0.15) is 17.8 Å². The van der Waals surface area contributed by atoms with Crippen LogP contribution in [0.25, 0.3) is 0 Å². The molecule has 110 valence electrons. The highest BCUT2D eigenvalue weighted by molar-refractivity contribution is 7.91. The third-order valence-corrected chi connectivity index (χ3v) is 5.07. The summed E-state index contributed by atoms with van der Waals surface area (Å²) in [6, 6.07) is 5.17. The third kappa shape index (κ3) is 4.01. The molecule has 2 rings (SSSR count). The molecule has 0 aromatic carbocycles. The summed E-state index contributed by atoms with van der Waals surface area (Å²) in [7, 11) is -3.14. The van der Waals surface area contributed by atoms with E-state index in [0.717, 1.165) is 11.4 Å². The molecule has 2 heterocycles. The van der Waals surface area contributed by atoms with Crippen LogP contribution in [0.3, 0.4) is 0 Å². The van der Waals surface area contributed by atoms with Crippen LogP contribution < -0.4 is 0 Å². The first-order chi connectivity index (χ1) is 9.35. The lowest BCUT2D eigenvalue weighted by molar-refractivity contribution is -0.138. The summed E-state index contributed by atoms with van der Waals surface area (Å²) in [5.41, 5.74) is 1.72. The lowest BCUT2D eigenvalue weighted by Crippen LogP contribution is -2.48. The largest absolute Gasteiger partial charge is 0.481 e. The molecule has 1 N–H and O–H groups in total. The number of aromatic nitrogens is 1. The van der Waals surface area contributed by atoms with Gasteiger partial charge in [0.2, 0.25) is 0 Å². The van der Waals surface area contributed by atoms with Gasteiger partial charge in [-0.1, -0.05) is 6.07 Å². The van der Waals surface area contributed by atoms with Crippen LogP contribution in [0.2, 0.25) is 0 Å². The molecule has 1 aromatic heterocycles. The molecule has 0 amide bonds. The van der Waals surface area contributed by atoms with Gasteiger partial charge < -0.3 is 5.11 Å². The van der Waals surface area contributed by atoms with Gasteiger partial charge in [-0.15, -0.1) is 0 Å². The average molecular weight is 298 g/mol. The molecule has 20 heavy (non-hydrogen) atoms. The van der Waals surface area contributed by atoms with E-state index in [1.54, 1.807) is 0 Å². The Bertz CT molecular complexity index is 600. The van der Waals surface area contributed by atoms with E-state index in [0.29, 0.717) is 13.1 Å². The molecule has 0 radical (unpaired) electrons. The number of aliphatic carboxylic acids is 1. The first-order valence-electron chi connectivity index (χ1n) is 6.44. The zero-order chi connectivity index (χ0) is 14.8. The van der Waals surface area contributed by atoms with Crippen LogP contribution in [0, 0.1) is 6.92 Å². The van der Waals surface area contributed by atoms with Gasteiger partial charge in [0.1, 0.15) is 0 Å². The SMILES string of the molecule is Cc1cccc(CN2CCS(=O)(=O)CC2CC(=O)O)n1. The Labute approximate surface area is 118 Å². The van der Waals surface area contributed by atoms with Crippen molar-refractivity contribution in [2.75, 3.05) is 18.1 Å². The Morgan fingerprint density at radius 1 is 1.50 bits per heavy atom. The lowest BCUT2D eigenvalue weighted by Gasteiger charge is -2.34. The highest BCUT2D eigenvalue weighted by Crippen LogP contribution is 2.17. The van der Waals surface area contributed by atoms with Gasteiger partial charge in [-0.3, -0.25) is 14.7 Å². The summed E-state index contributed by atoms with van der Waals surface area (Å²) in [5, 5.41) is 8.93. The molecule has 1 fully saturated rings. The van der Waals surface area contributed by atoms with Crippen LogP contribution in [-0.2, 0) is 21.2 Å². The molecule has 6 nitrogen and oxygen atoms in total. The fourth-order valence-electron chi connectivity index (χ4n) is 2.41. The highest BCUT2D eigenvalue weighted by atomic mass is 32.2. The summed E-state index contributed by atoms with van der Waals surface area (Å²) in [5.74, 6) is -0.991. The number of pyridine rings is 1. The van der Waals surface area contributed by atoms with E-state index in [1.807, 2.05) is 30.0 Å². The van der Waals surface area contributed by atoms with E-state index in [1.165, 1.54) is 0 Å². The zero-order valence-electron chi connectivity index (χ0n) is 11.3. The number of carboxylic acids is 1. The number of hydrogen-bond acceptors (Lipinski definition) is 5. The maximum Gasteiger partial charge on any atom is 0.304 e. The second-order valence-electron chi connectivity index (χ2n) is 5.11. The van der Waals surface area contributed by atoms with Gasteiger partial charge in [0, 0.05) is 24.8 Å². The minimum atomic E-state index is -3.14. The van der Waals surface area contributed by atoms with Crippen molar-refractivity contribution in [2.24, 2.45) is 0 Å². The minimum absolute atomic E-state index is 0.0783. The van der Waals surface area contributed by atoms with Crippen LogP contribution in [-0.4, -0.2) is 53.5 Å². The summed E-state index contributed by atoms with van der Waals surface area (Å²) in [6.45, 7) is 2.73. The smallest absolute Gasteiger partial charge is 0.304 e. The van der Waals surface area contributed by atoms with Gasteiger partial charge in [-0.25, -0.2) is 8.42 Å². The van der Waals surface area contributed by atoms with Gasteiger partial charge in [-0.05, 0) is 19.1 Å². The van der Waals surface area contributed by atoms with Gasteiger partial charge in [0.25, 0.3) is 0 Å². The van der Waals surface area contributed by atoms with Crippen molar-refractivity contribution in [3.05, 3.63) is 29.6 Å². The lowest BCUT2D eigenvalue weighted by atomic mass is 10.2. The number of nitrogens with zero attached hydrogens (tertiary/aromatic N) is 2. The molecule has 1 saturated heterocycles. The van der Waals surface area contributed by atoms with E-state index in [-0.39, 0.29) is 17.9 Å². The van der Waals surface area contributed by atoms with Crippen molar-refractivity contribution in [3.8, 4) is 0 Å². The number of carbonyl (C=O) groups is 1. The second-order valence-corrected chi connectivity index (χ2v) is 7.34. The van der Waals surface area contributed by atoms with Crippen molar-refractivity contribution in [2.45, 2.75) is 25.9 Å². The standard InChI is InChI=1S/C13H18N2O4S/c1-10-3-2-4-11(14-10)8-15-5-6-20(18,19)9-12(15)7-13(16)17/h2-4,12H,5-9H2,1H3,(H,16,17). The Kier molecular flexibility index (Phi) is 4.39. The Hall–Kier alpha value is -1.47. The van der Waals surface area contributed by atoms with Gasteiger partial charge in [0.15, 0.2) is 9.84 Å². The maximum atomic E-state index is 11.7. The normalized spacial score (nSPS) is 22.6. The van der Waals surface area contributed by atoms with Gasteiger partial charge in [-0.2, -0.15) is 0 Å². The monoisotopic (exact) mass is 298 g/mol. The number of hydrogen-bond donors (Lipinski definition) is 1. The number of sulfone groups is 1. The average Bonchev–Trinajstić information content (AvgIpc) is 2.31. The Morgan fingerprint density at radius 2 is 2.25 bits per heavy atom. The summed E-state index contributed by atoms with van der Waals surface area (Å²) < 4.78 is 23.3. The van der Waals surface area contributed by atoms with Gasteiger partial charge >= 0.3 is 5.97 Å². The molecular weight excluding hydrogens is 280 g/mol. The molecule has 0 aliphatic carbocycles. The number of carboxylic acid groups (broad SMARTS) is 1. The molecule has 0 bridgehead atoms. The molecule has 0 spiro atoms. The van der Waals surface area contributed by atoms with E-state index in [9.17, 15) is 13.2 Å². The molecule has 1 aliphatic rings. The van der Waals surface area contributed by atoms with Crippen LogP contribution in [0.5, 0.6) is 0 Å². The Balaban J connectivity index is 2.13. The van der Waals surface area contributed by atoms with Crippen LogP contribution in [0.15, 0.2) is 18.2 Å². The fraction of sp³-hybridized carbons (Fsp3) is 0.538. The second kappa shape index (κ2) is 5.88. The first kappa shape index (κ1) is 14.9. The first-order valence-corrected chi connectivity index (χ1v) is 8.27. The topological polar surface area (TPSA) is 87.6 Å². The third-order valence-electron chi connectivity index (χ3n) is 3.37. The number of aryl methyl sites for hydroxylation is 1. The molecule has 7 heteroatoms. The molecule has 1 atom stereocenters. The van der Waals surface area contributed by atoms with Crippen molar-refractivity contribution >= 4 is 15.8 Å². The van der Waals surface area contributed by atoms with Crippen LogP contribution in [0.4, 0.5) is 0 Å². The summed E-state index contributed by atoms with van der Waals surface area (Å²) in [4.78, 5) is 17.2. The van der Waals surface area contributed by atoms with Crippen LogP contribution >= 0.6 is 0 Å². The van der Waals surface area contributed by atoms with Crippen molar-refractivity contribution in [1.82, 2.24) is 9.88 Å². The van der Waals surface area contributed by atoms with E-state index >= 15 is 0 Å². The van der Waals surface area contributed by atoms with E-state index < -0.39 is 21.8 Å². The number of rotatable bonds is 4. The Morgan fingerprint density at radius 3 is 2.90 bits per heavy atom.